The minimum Gasteiger partial charge on any atom is -0.481 e. The van der Waals surface area contributed by atoms with Gasteiger partial charge in [-0.15, -0.1) is 5.10 Å². The number of carboxylic acids is 1. The first-order valence-electron chi connectivity index (χ1n) is 5.55. The molecule has 0 saturated carbocycles. The summed E-state index contributed by atoms with van der Waals surface area (Å²) in [7, 11) is 1.86. The van der Waals surface area contributed by atoms with E-state index < -0.39 is 5.97 Å². The number of nitrogens with one attached hydrogen (secondary N) is 1. The van der Waals surface area contributed by atoms with Crippen molar-refractivity contribution in [1.29, 1.82) is 0 Å². The molecule has 17 heavy (non-hydrogen) atoms. The molecule has 1 heterocycles. The number of nitrogens with zero attached hydrogens (tertiary/aromatic N) is 3. The third-order valence-corrected chi connectivity index (χ3v) is 2.08. The van der Waals surface area contributed by atoms with Gasteiger partial charge in [0.15, 0.2) is 0 Å². The van der Waals surface area contributed by atoms with Crippen molar-refractivity contribution in [2.45, 2.75) is 25.9 Å². The normalized spacial score (nSPS) is 10.6. The van der Waals surface area contributed by atoms with Gasteiger partial charge in [0.05, 0.1) is 18.7 Å². The zero-order chi connectivity index (χ0) is 12.5. The van der Waals surface area contributed by atoms with E-state index in [-0.39, 0.29) is 13.0 Å². The predicted molar refractivity (Wildman–Crippen MR) is 60.5 cm³/mol. The van der Waals surface area contributed by atoms with Crippen LogP contribution in [0.1, 0.15) is 18.5 Å². The average Bonchev–Trinajstić information content (AvgIpc) is 2.71. The van der Waals surface area contributed by atoms with Crippen molar-refractivity contribution in [3.63, 3.8) is 0 Å². The number of ether oxygens (including phenoxy) is 1. The second-order valence-electron chi connectivity index (χ2n) is 3.61. The highest BCUT2D eigenvalue weighted by molar-refractivity contribution is 5.66. The van der Waals surface area contributed by atoms with Gasteiger partial charge in [0.1, 0.15) is 0 Å². The van der Waals surface area contributed by atoms with Gasteiger partial charge in [0.25, 0.3) is 0 Å². The fraction of sp³-hybridized carbons (Fsp3) is 0.700. The first-order valence-corrected chi connectivity index (χ1v) is 5.55. The molecule has 0 fully saturated rings. The van der Waals surface area contributed by atoms with Crippen LogP contribution in [0.2, 0.25) is 0 Å². The van der Waals surface area contributed by atoms with Crippen LogP contribution in [0.4, 0.5) is 0 Å². The minimum atomic E-state index is -0.835. The molecule has 0 aromatic carbocycles. The second kappa shape index (κ2) is 7.75. The van der Waals surface area contributed by atoms with Gasteiger partial charge in [0.2, 0.25) is 0 Å². The van der Waals surface area contributed by atoms with Crippen LogP contribution in [-0.2, 0) is 22.6 Å². The monoisotopic (exact) mass is 242 g/mol. The number of aromatic nitrogens is 3. The van der Waals surface area contributed by atoms with Crippen LogP contribution in [0.3, 0.4) is 0 Å². The molecular formula is C10H18N4O3. The molecule has 7 heteroatoms. The lowest BCUT2D eigenvalue weighted by molar-refractivity contribution is -0.138. The van der Waals surface area contributed by atoms with Gasteiger partial charge >= 0.3 is 5.97 Å². The molecule has 1 rings (SSSR count). The van der Waals surface area contributed by atoms with Crippen molar-refractivity contribution in [2.24, 2.45) is 0 Å². The summed E-state index contributed by atoms with van der Waals surface area (Å²) >= 11 is 0. The molecule has 1 aromatic rings. The maximum Gasteiger partial charge on any atom is 0.305 e. The summed E-state index contributed by atoms with van der Waals surface area (Å²) in [6, 6.07) is 0. The Kier molecular flexibility index (Phi) is 6.19. The molecule has 0 aliphatic rings. The molecular weight excluding hydrogens is 224 g/mol. The van der Waals surface area contributed by atoms with Gasteiger partial charge in [0, 0.05) is 25.9 Å². The molecule has 0 unspecified atom stereocenters. The highest BCUT2D eigenvalue weighted by Crippen LogP contribution is 1.95. The standard InChI is InChI=1S/C10H18N4O3/c1-11-7-9-8-14(13-12-9)4-2-5-17-6-3-10(15)16/h8,11H,2-7H2,1H3,(H,15,16). The van der Waals surface area contributed by atoms with Gasteiger partial charge in [-0.1, -0.05) is 5.21 Å². The maximum atomic E-state index is 10.2. The van der Waals surface area contributed by atoms with E-state index in [2.05, 4.69) is 15.6 Å². The van der Waals surface area contributed by atoms with E-state index in [9.17, 15) is 4.79 Å². The van der Waals surface area contributed by atoms with Crippen molar-refractivity contribution in [2.75, 3.05) is 20.3 Å². The molecule has 0 spiro atoms. The lowest BCUT2D eigenvalue weighted by Crippen LogP contribution is -2.07. The topological polar surface area (TPSA) is 89.3 Å². The first kappa shape index (κ1) is 13.6. The number of aliphatic carboxylic acids is 1. The van der Waals surface area contributed by atoms with Crippen molar-refractivity contribution < 1.29 is 14.6 Å². The van der Waals surface area contributed by atoms with Crippen molar-refractivity contribution in [3.8, 4) is 0 Å². The highest BCUT2D eigenvalue weighted by Gasteiger charge is 2.00. The Morgan fingerprint density at radius 2 is 2.41 bits per heavy atom. The van der Waals surface area contributed by atoms with Crippen LogP contribution < -0.4 is 5.32 Å². The number of hydrogen-bond acceptors (Lipinski definition) is 5. The zero-order valence-electron chi connectivity index (χ0n) is 9.93. The van der Waals surface area contributed by atoms with E-state index in [1.165, 1.54) is 0 Å². The quantitative estimate of drug-likeness (QED) is 0.587. The van der Waals surface area contributed by atoms with Crippen LogP contribution in [0.15, 0.2) is 6.20 Å². The summed E-state index contributed by atoms with van der Waals surface area (Å²) in [4.78, 5) is 10.2. The largest absolute Gasteiger partial charge is 0.481 e. The second-order valence-corrected chi connectivity index (χ2v) is 3.61. The molecule has 96 valence electrons. The van der Waals surface area contributed by atoms with E-state index in [1.54, 1.807) is 4.68 Å². The lowest BCUT2D eigenvalue weighted by Gasteiger charge is -2.02. The van der Waals surface area contributed by atoms with E-state index in [0.29, 0.717) is 13.2 Å². The Bertz CT molecular complexity index is 340. The number of carbonyl (C=O) groups is 1. The van der Waals surface area contributed by atoms with Crippen LogP contribution in [0.25, 0.3) is 0 Å². The average molecular weight is 242 g/mol. The van der Waals surface area contributed by atoms with Gasteiger partial charge in [-0.2, -0.15) is 0 Å². The van der Waals surface area contributed by atoms with E-state index >= 15 is 0 Å². The van der Waals surface area contributed by atoms with Crippen molar-refractivity contribution in [3.05, 3.63) is 11.9 Å². The van der Waals surface area contributed by atoms with Crippen molar-refractivity contribution >= 4 is 5.97 Å². The molecule has 0 radical (unpaired) electrons. The molecule has 2 N–H and O–H groups in total. The van der Waals surface area contributed by atoms with E-state index in [4.69, 9.17) is 9.84 Å². The number of carboxylic acid groups (broad SMARTS) is 1. The fourth-order valence-corrected chi connectivity index (χ4v) is 1.30. The van der Waals surface area contributed by atoms with Crippen LogP contribution in [-0.4, -0.2) is 46.3 Å². The van der Waals surface area contributed by atoms with Gasteiger partial charge in [-0.3, -0.25) is 9.48 Å². The summed E-state index contributed by atoms with van der Waals surface area (Å²) in [5, 5.41) is 19.3. The molecule has 7 nitrogen and oxygen atoms in total. The van der Waals surface area contributed by atoms with Gasteiger partial charge in [-0.25, -0.2) is 0 Å². The Labute approximate surface area is 99.8 Å². The Hall–Kier alpha value is -1.47. The van der Waals surface area contributed by atoms with Crippen LogP contribution in [0.5, 0.6) is 0 Å². The summed E-state index contributed by atoms with van der Waals surface area (Å²) in [6.45, 7) is 2.23. The van der Waals surface area contributed by atoms with Crippen molar-refractivity contribution in [1.82, 2.24) is 20.3 Å². The highest BCUT2D eigenvalue weighted by atomic mass is 16.5. The maximum absolute atomic E-state index is 10.2. The summed E-state index contributed by atoms with van der Waals surface area (Å²) in [5.41, 5.74) is 0.902. The molecule has 0 aliphatic heterocycles. The lowest BCUT2D eigenvalue weighted by atomic mass is 10.4. The minimum absolute atomic E-state index is 0.0512. The summed E-state index contributed by atoms with van der Waals surface area (Å²) in [5.74, 6) is -0.835. The molecule has 0 atom stereocenters. The summed E-state index contributed by atoms with van der Waals surface area (Å²) in [6.07, 6.45) is 2.73. The Balaban J connectivity index is 2.07. The SMILES string of the molecule is CNCc1cn(CCCOCCC(=O)O)nn1. The van der Waals surface area contributed by atoms with Crippen LogP contribution >= 0.6 is 0 Å². The first-order chi connectivity index (χ1) is 8.22. The summed E-state index contributed by atoms with van der Waals surface area (Å²) < 4.78 is 6.92. The molecule has 0 amide bonds. The van der Waals surface area contributed by atoms with E-state index in [1.807, 2.05) is 13.2 Å². The number of rotatable bonds is 9. The van der Waals surface area contributed by atoms with Crippen LogP contribution in [0, 0.1) is 0 Å². The molecule has 0 bridgehead atoms. The van der Waals surface area contributed by atoms with Gasteiger partial charge in [-0.05, 0) is 13.5 Å². The number of aryl methyl sites for hydroxylation is 1. The Morgan fingerprint density at radius 1 is 1.59 bits per heavy atom. The smallest absolute Gasteiger partial charge is 0.305 e. The fourth-order valence-electron chi connectivity index (χ4n) is 1.30. The molecule has 1 aromatic heterocycles. The third kappa shape index (κ3) is 5.98. The Morgan fingerprint density at radius 3 is 3.12 bits per heavy atom. The van der Waals surface area contributed by atoms with E-state index in [0.717, 1.165) is 18.7 Å². The molecule has 0 aliphatic carbocycles. The number of hydrogen-bond donors (Lipinski definition) is 2. The third-order valence-electron chi connectivity index (χ3n) is 2.08. The van der Waals surface area contributed by atoms with Gasteiger partial charge < -0.3 is 15.2 Å². The zero-order valence-corrected chi connectivity index (χ0v) is 9.93. The predicted octanol–water partition coefficient (Wildman–Crippen LogP) is -0.121. The molecule has 0 saturated heterocycles.